The summed E-state index contributed by atoms with van der Waals surface area (Å²) in [4.78, 5) is 53.0. The fourth-order valence-corrected chi connectivity index (χ4v) is 7.68. The van der Waals surface area contributed by atoms with Gasteiger partial charge in [0.1, 0.15) is 12.7 Å². The van der Waals surface area contributed by atoms with E-state index < -0.39 is 90.8 Å². The minimum absolute atomic E-state index is 0.00202. The molecule has 1 saturated heterocycles. The molecule has 0 saturated carbocycles. The van der Waals surface area contributed by atoms with Crippen molar-refractivity contribution in [1.82, 2.24) is 0 Å². The summed E-state index contributed by atoms with van der Waals surface area (Å²) in [5, 5.41) is 40.8. The van der Waals surface area contributed by atoms with Gasteiger partial charge in [0.25, 0.3) is 0 Å². The highest BCUT2D eigenvalue weighted by Crippen LogP contribution is 2.44. The smallest absolute Gasteiger partial charge is 0.462 e. The minimum atomic E-state index is -4.91. The van der Waals surface area contributed by atoms with Crippen molar-refractivity contribution in [3.63, 3.8) is 0 Å². The van der Waals surface area contributed by atoms with Gasteiger partial charge in [0.15, 0.2) is 12.4 Å². The Morgan fingerprint density at radius 2 is 1.23 bits per heavy atom. The van der Waals surface area contributed by atoms with Gasteiger partial charge in [0.05, 0.1) is 38.1 Å². The molecule has 1 heterocycles. The van der Waals surface area contributed by atoms with Crippen molar-refractivity contribution in [1.29, 1.82) is 0 Å². The molecule has 8 atom stereocenters. The van der Waals surface area contributed by atoms with Gasteiger partial charge in [0.2, 0.25) is 0 Å². The number of aliphatic hydroxyl groups excluding tert-OH is 4. The number of esters is 2. The van der Waals surface area contributed by atoms with Gasteiger partial charge >= 0.3 is 27.6 Å². The third-order valence-electron chi connectivity index (χ3n) is 10.2. The van der Waals surface area contributed by atoms with Gasteiger partial charge in [-0.1, -0.05) is 126 Å². The van der Waals surface area contributed by atoms with E-state index in [2.05, 4.69) is 47.2 Å². The Balaban J connectivity index is 2.62. The van der Waals surface area contributed by atoms with Crippen LogP contribution in [0.2, 0.25) is 0 Å². The molecule has 65 heavy (non-hydrogen) atoms. The van der Waals surface area contributed by atoms with Crippen LogP contribution >= 0.6 is 15.6 Å². The molecular weight excluding hydrogens is 886 g/mol. The molecule has 0 bridgehead atoms. The minimum Gasteiger partial charge on any atom is -0.462 e. The first-order valence-corrected chi connectivity index (χ1v) is 26.4. The maximum Gasteiger partial charge on any atom is 0.472 e. The number of rotatable bonds is 39. The van der Waals surface area contributed by atoms with Crippen molar-refractivity contribution in [2.45, 2.75) is 185 Å². The van der Waals surface area contributed by atoms with E-state index in [1.165, 1.54) is 38.5 Å². The number of phosphoric ester groups is 2. The SMILES string of the molecule is CCCCCCCC/C=C\C/C=C\C/C=C\CCCC(=O)O[C@H](COC(=O)CCC/C=C\C[C@H]1[C@@H](O)CC(O)O[C@@H]1/C=C/[C@@H](O)CCCCC)COP(=O)(O)OC[C@@H](O)COP(=O)(O)O. The molecule has 2 unspecified atom stereocenters. The molecule has 1 rings (SSSR count). The molecule has 1 fully saturated rings. The van der Waals surface area contributed by atoms with Crippen molar-refractivity contribution in [2.75, 3.05) is 26.4 Å². The van der Waals surface area contributed by atoms with E-state index in [9.17, 15) is 44.0 Å². The summed E-state index contributed by atoms with van der Waals surface area (Å²) in [6.07, 6.45) is 29.8. The molecule has 17 nitrogen and oxygen atoms in total. The lowest BCUT2D eigenvalue weighted by atomic mass is 9.87. The Kier molecular flexibility index (Phi) is 35.1. The number of carbonyl (C=O) groups excluding carboxylic acids is 2. The van der Waals surface area contributed by atoms with E-state index in [1.54, 1.807) is 12.2 Å². The lowest BCUT2D eigenvalue weighted by Gasteiger charge is -2.36. The van der Waals surface area contributed by atoms with Gasteiger partial charge in [0, 0.05) is 25.2 Å². The van der Waals surface area contributed by atoms with Gasteiger partial charge in [-0.2, -0.15) is 0 Å². The highest BCUT2D eigenvalue weighted by Gasteiger charge is 2.35. The van der Waals surface area contributed by atoms with Gasteiger partial charge in [-0.25, -0.2) is 9.13 Å². The lowest BCUT2D eigenvalue weighted by Crippen LogP contribution is -2.43. The summed E-state index contributed by atoms with van der Waals surface area (Å²) in [6, 6.07) is 0. The predicted molar refractivity (Wildman–Crippen MR) is 247 cm³/mol. The van der Waals surface area contributed by atoms with Crippen molar-refractivity contribution < 1.29 is 81.6 Å². The van der Waals surface area contributed by atoms with Crippen LogP contribution in [-0.4, -0.2) is 110 Å². The first-order valence-electron chi connectivity index (χ1n) is 23.4. The average molecular weight is 967 g/mol. The van der Waals surface area contributed by atoms with Crippen molar-refractivity contribution in [3.8, 4) is 0 Å². The average Bonchev–Trinajstić information content (AvgIpc) is 3.25. The van der Waals surface area contributed by atoms with Gasteiger partial charge < -0.3 is 49.3 Å². The Morgan fingerprint density at radius 1 is 0.677 bits per heavy atom. The molecule has 0 amide bonds. The van der Waals surface area contributed by atoms with Gasteiger partial charge in [-0.3, -0.25) is 23.2 Å². The normalized spacial score (nSPS) is 20.9. The van der Waals surface area contributed by atoms with Crippen LogP contribution in [0.5, 0.6) is 0 Å². The van der Waals surface area contributed by atoms with Crippen LogP contribution in [-0.2, 0) is 46.5 Å². The summed E-state index contributed by atoms with van der Waals surface area (Å²) in [6.45, 7) is 1.28. The van der Waals surface area contributed by atoms with Crippen LogP contribution in [0.3, 0.4) is 0 Å². The number of unbranched alkanes of at least 4 members (excludes halogenated alkanes) is 10. The molecule has 0 radical (unpaired) electrons. The molecule has 1 aliphatic rings. The molecule has 0 spiro atoms. The highest BCUT2D eigenvalue weighted by molar-refractivity contribution is 7.47. The van der Waals surface area contributed by atoms with Crippen molar-refractivity contribution in [2.24, 2.45) is 5.92 Å². The molecule has 376 valence electrons. The summed E-state index contributed by atoms with van der Waals surface area (Å²) in [5.74, 6) is -1.65. The second-order valence-electron chi connectivity index (χ2n) is 16.2. The van der Waals surface area contributed by atoms with Crippen LogP contribution in [0.1, 0.15) is 149 Å². The fraction of sp³-hybridized carbons (Fsp3) is 0.739. The molecule has 0 aromatic rings. The van der Waals surface area contributed by atoms with Crippen LogP contribution in [0.15, 0.2) is 60.8 Å². The quantitative estimate of drug-likeness (QED) is 0.0133. The van der Waals surface area contributed by atoms with Gasteiger partial charge in [-0.15, -0.1) is 0 Å². The number of carbonyl (C=O) groups is 2. The zero-order valence-corrected chi connectivity index (χ0v) is 40.4. The van der Waals surface area contributed by atoms with Crippen LogP contribution < -0.4 is 0 Å². The first-order chi connectivity index (χ1) is 31.0. The second-order valence-corrected chi connectivity index (χ2v) is 18.9. The zero-order chi connectivity index (χ0) is 48.2. The third kappa shape index (κ3) is 35.5. The standard InChI is InChI=1S/C46H80O17P2/c1-3-5-7-8-9-10-11-12-13-14-15-16-17-18-19-20-26-30-45(51)62-40(37-61-65(56,57)60-35-39(48)34-59-64(53,54)55)36-58-44(50)29-25-22-21-24-28-41-42(49)33-46(52)63-43(41)32-31-38(47)27-23-6-4-2/h12-13,15-16,18-19,21,24,31-32,38-43,46-49,52H,3-11,14,17,20,22-23,25-30,33-37H2,1-2H3,(H,56,57)(H2,53,54,55)/b13-12-,16-15-,19-18-,24-21-,32-31+/t38-,39-,40+,41-,42-,43+,46?/m0/s1. The van der Waals surface area contributed by atoms with E-state index in [1.807, 2.05) is 24.3 Å². The third-order valence-corrected chi connectivity index (χ3v) is 11.6. The van der Waals surface area contributed by atoms with E-state index >= 15 is 0 Å². The maximum atomic E-state index is 12.7. The molecule has 19 heteroatoms. The number of hydrogen-bond donors (Lipinski definition) is 7. The zero-order valence-electron chi connectivity index (χ0n) is 38.6. The Labute approximate surface area is 386 Å². The largest absolute Gasteiger partial charge is 0.472 e. The second kappa shape index (κ2) is 37.6. The van der Waals surface area contributed by atoms with Crippen molar-refractivity contribution in [3.05, 3.63) is 60.8 Å². The van der Waals surface area contributed by atoms with E-state index in [-0.39, 0.29) is 25.2 Å². The number of allylic oxidation sites excluding steroid dienone is 8. The Bertz CT molecular complexity index is 1500. The summed E-state index contributed by atoms with van der Waals surface area (Å²) < 4.78 is 53.4. The molecule has 1 aliphatic heterocycles. The maximum absolute atomic E-state index is 12.7. The Morgan fingerprint density at radius 3 is 1.89 bits per heavy atom. The van der Waals surface area contributed by atoms with Crippen LogP contribution in [0, 0.1) is 5.92 Å². The monoisotopic (exact) mass is 966 g/mol. The van der Waals surface area contributed by atoms with E-state index in [0.29, 0.717) is 38.5 Å². The van der Waals surface area contributed by atoms with E-state index in [0.717, 1.165) is 38.5 Å². The molecule has 0 aliphatic carbocycles. The number of hydrogen-bond acceptors (Lipinski definition) is 14. The number of aliphatic hydroxyl groups is 4. The molecular formula is C46H80O17P2. The van der Waals surface area contributed by atoms with E-state index in [4.69, 9.17) is 28.5 Å². The predicted octanol–water partition coefficient (Wildman–Crippen LogP) is 8.11. The van der Waals surface area contributed by atoms with Crippen molar-refractivity contribution >= 4 is 27.6 Å². The van der Waals surface area contributed by atoms with Crippen LogP contribution in [0.25, 0.3) is 0 Å². The lowest BCUT2D eigenvalue weighted by molar-refractivity contribution is -0.199. The molecule has 0 aromatic heterocycles. The first kappa shape index (κ1) is 60.7. The molecule has 7 N–H and O–H groups in total. The Hall–Kier alpha value is -2.34. The molecule has 0 aromatic carbocycles. The highest BCUT2D eigenvalue weighted by atomic mass is 31.2. The number of ether oxygens (including phenoxy) is 3. The fourth-order valence-electron chi connectivity index (χ4n) is 6.52. The summed E-state index contributed by atoms with van der Waals surface area (Å²) >= 11 is 0. The van der Waals surface area contributed by atoms with Gasteiger partial charge in [-0.05, 0) is 64.2 Å². The summed E-state index contributed by atoms with van der Waals surface area (Å²) in [7, 11) is -9.80. The topological polar surface area (TPSA) is 265 Å². The van der Waals surface area contributed by atoms with Crippen LogP contribution in [0.4, 0.5) is 0 Å². The summed E-state index contributed by atoms with van der Waals surface area (Å²) in [5.41, 5.74) is 0. The number of phosphoric acid groups is 2.